The number of amides is 1. The van der Waals surface area contributed by atoms with E-state index < -0.39 is 6.10 Å². The predicted molar refractivity (Wildman–Crippen MR) is 129 cm³/mol. The molecule has 7 nitrogen and oxygen atoms in total. The molecule has 0 radical (unpaired) electrons. The summed E-state index contributed by atoms with van der Waals surface area (Å²) < 4.78 is 11.3. The molecule has 0 aliphatic carbocycles. The Kier molecular flexibility index (Phi) is 6.99. The van der Waals surface area contributed by atoms with Crippen molar-refractivity contribution in [2.24, 2.45) is 0 Å². The summed E-state index contributed by atoms with van der Waals surface area (Å²) in [5.74, 6) is 2.17. The first-order valence-electron chi connectivity index (χ1n) is 10.9. The molecule has 1 atom stereocenters. The molecule has 1 aliphatic rings. The Morgan fingerprint density at radius 3 is 2.45 bits per heavy atom. The molecule has 0 bridgehead atoms. The lowest BCUT2D eigenvalue weighted by Crippen LogP contribution is -2.52. The van der Waals surface area contributed by atoms with Gasteiger partial charge in [-0.2, -0.15) is 0 Å². The van der Waals surface area contributed by atoms with E-state index in [-0.39, 0.29) is 5.91 Å². The van der Waals surface area contributed by atoms with E-state index in [1.165, 1.54) is 0 Å². The SMILES string of the molecule is COc1ccccc1-c1ccc(N2CCN(C(=O)C(C)Oc3ccc(Cl)c(C)c3)CC2)nn1. The smallest absolute Gasteiger partial charge is 0.263 e. The monoisotopic (exact) mass is 466 g/mol. The molecular weight excluding hydrogens is 440 g/mol. The summed E-state index contributed by atoms with van der Waals surface area (Å²) >= 11 is 6.07. The standard InChI is InChI=1S/C25H27ClN4O3/c1-17-16-19(8-9-21(17)26)33-18(2)25(31)30-14-12-29(13-15-30)24-11-10-22(27-28-24)20-6-4-5-7-23(20)32-3/h4-11,16,18H,12-15H2,1-3H3. The fourth-order valence-electron chi connectivity index (χ4n) is 3.85. The molecule has 1 aromatic heterocycles. The van der Waals surface area contributed by atoms with Crippen molar-refractivity contribution in [2.75, 3.05) is 38.2 Å². The number of rotatable bonds is 6. The minimum absolute atomic E-state index is 0.0279. The molecule has 172 valence electrons. The van der Waals surface area contributed by atoms with Crippen molar-refractivity contribution in [3.05, 3.63) is 65.2 Å². The first-order chi connectivity index (χ1) is 16.0. The molecule has 1 saturated heterocycles. The Balaban J connectivity index is 1.34. The fourth-order valence-corrected chi connectivity index (χ4v) is 3.97. The first kappa shape index (κ1) is 22.9. The summed E-state index contributed by atoms with van der Waals surface area (Å²) in [6, 6.07) is 17.0. The molecule has 2 heterocycles. The second-order valence-electron chi connectivity index (χ2n) is 7.96. The van der Waals surface area contributed by atoms with Crippen LogP contribution < -0.4 is 14.4 Å². The van der Waals surface area contributed by atoms with Gasteiger partial charge in [0.15, 0.2) is 11.9 Å². The van der Waals surface area contributed by atoms with Crippen LogP contribution >= 0.6 is 11.6 Å². The Hall–Kier alpha value is -3.32. The molecular formula is C25H27ClN4O3. The van der Waals surface area contributed by atoms with Crippen LogP contribution in [0.4, 0.5) is 5.82 Å². The number of ether oxygens (including phenoxy) is 2. The van der Waals surface area contributed by atoms with Crippen molar-refractivity contribution in [1.29, 1.82) is 0 Å². The average molecular weight is 467 g/mol. The van der Waals surface area contributed by atoms with Crippen LogP contribution in [0, 0.1) is 6.92 Å². The van der Waals surface area contributed by atoms with E-state index in [2.05, 4.69) is 15.1 Å². The predicted octanol–water partition coefficient (Wildman–Crippen LogP) is 4.23. The van der Waals surface area contributed by atoms with E-state index in [9.17, 15) is 4.79 Å². The highest BCUT2D eigenvalue weighted by atomic mass is 35.5. The highest BCUT2D eigenvalue weighted by molar-refractivity contribution is 6.31. The van der Waals surface area contributed by atoms with Gasteiger partial charge in [0.05, 0.1) is 12.8 Å². The molecule has 0 saturated carbocycles. The van der Waals surface area contributed by atoms with Crippen LogP contribution in [0.15, 0.2) is 54.6 Å². The second-order valence-corrected chi connectivity index (χ2v) is 8.37. The number of para-hydroxylation sites is 1. The molecule has 3 aromatic rings. The van der Waals surface area contributed by atoms with Gasteiger partial charge >= 0.3 is 0 Å². The number of halogens is 1. The van der Waals surface area contributed by atoms with Gasteiger partial charge in [-0.05, 0) is 61.9 Å². The van der Waals surface area contributed by atoms with E-state index >= 15 is 0 Å². The van der Waals surface area contributed by atoms with Crippen LogP contribution in [0.5, 0.6) is 11.5 Å². The van der Waals surface area contributed by atoms with Gasteiger partial charge in [0.25, 0.3) is 5.91 Å². The zero-order valence-electron chi connectivity index (χ0n) is 19.0. The first-order valence-corrected chi connectivity index (χ1v) is 11.3. The quantitative estimate of drug-likeness (QED) is 0.541. The summed E-state index contributed by atoms with van der Waals surface area (Å²) in [6.07, 6.45) is -0.572. The third-order valence-electron chi connectivity index (χ3n) is 5.74. The van der Waals surface area contributed by atoms with Crippen molar-refractivity contribution in [1.82, 2.24) is 15.1 Å². The maximum atomic E-state index is 12.9. The molecule has 0 spiro atoms. The third kappa shape index (κ3) is 5.20. The minimum Gasteiger partial charge on any atom is -0.496 e. The summed E-state index contributed by atoms with van der Waals surface area (Å²) in [5.41, 5.74) is 2.58. The van der Waals surface area contributed by atoms with Gasteiger partial charge in [0.2, 0.25) is 0 Å². The number of hydrogen-bond acceptors (Lipinski definition) is 6. The normalized spacial score (nSPS) is 14.7. The van der Waals surface area contributed by atoms with Gasteiger partial charge in [-0.25, -0.2) is 0 Å². The van der Waals surface area contributed by atoms with Crippen LogP contribution in [0.25, 0.3) is 11.3 Å². The highest BCUT2D eigenvalue weighted by Crippen LogP contribution is 2.28. The number of benzene rings is 2. The Bertz CT molecular complexity index is 1110. The maximum Gasteiger partial charge on any atom is 0.263 e. The van der Waals surface area contributed by atoms with Gasteiger partial charge in [0.1, 0.15) is 11.5 Å². The molecule has 1 fully saturated rings. The number of hydrogen-bond donors (Lipinski definition) is 0. The molecule has 0 N–H and O–H groups in total. The molecule has 8 heteroatoms. The summed E-state index contributed by atoms with van der Waals surface area (Å²) in [7, 11) is 1.64. The van der Waals surface area contributed by atoms with Gasteiger partial charge < -0.3 is 19.3 Å². The number of carbonyl (C=O) groups excluding carboxylic acids is 1. The maximum absolute atomic E-state index is 12.9. The minimum atomic E-state index is -0.572. The van der Waals surface area contributed by atoms with Crippen LogP contribution in [-0.2, 0) is 4.79 Å². The van der Waals surface area contributed by atoms with Crippen molar-refractivity contribution < 1.29 is 14.3 Å². The number of piperazine rings is 1. The number of anilines is 1. The van der Waals surface area contributed by atoms with Crippen molar-refractivity contribution in [2.45, 2.75) is 20.0 Å². The number of aryl methyl sites for hydroxylation is 1. The zero-order valence-corrected chi connectivity index (χ0v) is 19.7. The second kappa shape index (κ2) is 10.1. The van der Waals surface area contributed by atoms with E-state index in [1.807, 2.05) is 54.3 Å². The number of nitrogens with zero attached hydrogens (tertiary/aromatic N) is 4. The molecule has 2 aromatic carbocycles. The van der Waals surface area contributed by atoms with Crippen molar-refractivity contribution in [3.63, 3.8) is 0 Å². The van der Waals surface area contributed by atoms with Crippen molar-refractivity contribution in [3.8, 4) is 22.8 Å². The van der Waals surface area contributed by atoms with Gasteiger partial charge in [-0.1, -0.05) is 23.7 Å². The molecule has 1 aliphatic heterocycles. The Labute approximate surface area is 198 Å². The van der Waals surface area contributed by atoms with E-state index in [0.29, 0.717) is 37.0 Å². The lowest BCUT2D eigenvalue weighted by Gasteiger charge is -2.36. The van der Waals surface area contributed by atoms with Crippen LogP contribution in [0.2, 0.25) is 5.02 Å². The van der Waals surface area contributed by atoms with E-state index in [1.54, 1.807) is 26.2 Å². The summed E-state index contributed by atoms with van der Waals surface area (Å²) in [5, 5.41) is 9.48. The van der Waals surface area contributed by atoms with E-state index in [0.717, 1.165) is 28.4 Å². The van der Waals surface area contributed by atoms with Crippen LogP contribution in [0.3, 0.4) is 0 Å². The molecule has 1 amide bonds. The topological polar surface area (TPSA) is 67.8 Å². The number of methoxy groups -OCH3 is 1. The van der Waals surface area contributed by atoms with Gasteiger partial charge in [-0.3, -0.25) is 4.79 Å². The van der Waals surface area contributed by atoms with Gasteiger partial charge in [0, 0.05) is 36.8 Å². The van der Waals surface area contributed by atoms with Crippen LogP contribution in [0.1, 0.15) is 12.5 Å². The Morgan fingerprint density at radius 1 is 1.03 bits per heavy atom. The van der Waals surface area contributed by atoms with Crippen molar-refractivity contribution >= 4 is 23.3 Å². The zero-order chi connectivity index (χ0) is 23.4. The number of aromatic nitrogens is 2. The van der Waals surface area contributed by atoms with Gasteiger partial charge in [-0.15, -0.1) is 10.2 Å². The number of carbonyl (C=O) groups is 1. The lowest BCUT2D eigenvalue weighted by atomic mass is 10.1. The highest BCUT2D eigenvalue weighted by Gasteiger charge is 2.27. The molecule has 33 heavy (non-hydrogen) atoms. The largest absolute Gasteiger partial charge is 0.496 e. The summed E-state index contributed by atoms with van der Waals surface area (Å²) in [6.45, 7) is 6.25. The average Bonchev–Trinajstić information content (AvgIpc) is 2.86. The molecule has 1 unspecified atom stereocenters. The van der Waals surface area contributed by atoms with Crippen LogP contribution in [-0.4, -0.2) is 60.4 Å². The Morgan fingerprint density at radius 2 is 1.79 bits per heavy atom. The summed E-state index contributed by atoms with van der Waals surface area (Å²) in [4.78, 5) is 16.8. The molecule has 4 rings (SSSR count). The fraction of sp³-hybridized carbons (Fsp3) is 0.320. The lowest BCUT2D eigenvalue weighted by molar-refractivity contribution is -0.138. The third-order valence-corrected chi connectivity index (χ3v) is 6.16. The van der Waals surface area contributed by atoms with E-state index in [4.69, 9.17) is 21.1 Å².